The summed E-state index contributed by atoms with van der Waals surface area (Å²) in [6, 6.07) is 3.96. The summed E-state index contributed by atoms with van der Waals surface area (Å²) in [5.74, 6) is -0.135. The first kappa shape index (κ1) is 14.8. The predicted octanol–water partition coefficient (Wildman–Crippen LogP) is 2.15. The molecule has 1 aromatic carbocycles. The third-order valence-corrected chi connectivity index (χ3v) is 3.96. The first-order chi connectivity index (χ1) is 9.49. The highest BCUT2D eigenvalue weighted by Gasteiger charge is 2.23. The smallest absolute Gasteiger partial charge is 0.219 e. The lowest BCUT2D eigenvalue weighted by molar-refractivity contribution is -0.128. The topological polar surface area (TPSA) is 43.8 Å². The fraction of sp³-hybridized carbons (Fsp3) is 0.533. The molecule has 110 valence electrons. The third kappa shape index (κ3) is 3.28. The second-order valence-electron chi connectivity index (χ2n) is 5.27. The zero-order valence-corrected chi connectivity index (χ0v) is 12.0. The minimum absolute atomic E-state index is 0.0717. The van der Waals surface area contributed by atoms with Crippen LogP contribution >= 0.6 is 0 Å². The van der Waals surface area contributed by atoms with Crippen LogP contribution < -0.4 is 0 Å². The molecule has 1 aliphatic rings. The maximum absolute atomic E-state index is 13.3. The average Bonchev–Trinajstić information content (AvgIpc) is 2.66. The van der Waals surface area contributed by atoms with Crippen molar-refractivity contribution in [2.45, 2.75) is 26.3 Å². The standard InChI is InChI=1S/C15H21FN2O2/c1-11(14-10-13(16)4-5-15(14)20)17-6-3-7-18(9-8-17)12(2)19/h4-5,10-11,20H,3,6-9H2,1-2H3. The molecule has 20 heavy (non-hydrogen) atoms. The lowest BCUT2D eigenvalue weighted by atomic mass is 10.1. The number of phenols is 1. The SMILES string of the molecule is CC(=O)N1CCCN(C(C)c2cc(F)ccc2O)CC1. The van der Waals surface area contributed by atoms with Gasteiger partial charge in [0.1, 0.15) is 11.6 Å². The molecule has 1 saturated heterocycles. The van der Waals surface area contributed by atoms with Crippen LogP contribution in [0.4, 0.5) is 4.39 Å². The highest BCUT2D eigenvalue weighted by Crippen LogP contribution is 2.29. The molecule has 1 atom stereocenters. The molecular formula is C15H21FN2O2. The summed E-state index contributed by atoms with van der Waals surface area (Å²) in [6.07, 6.45) is 0.889. The summed E-state index contributed by atoms with van der Waals surface area (Å²) in [5.41, 5.74) is 0.598. The van der Waals surface area contributed by atoms with Crippen LogP contribution in [0.5, 0.6) is 5.75 Å². The molecule has 0 spiro atoms. The number of amides is 1. The number of aromatic hydroxyl groups is 1. The molecule has 1 fully saturated rings. The predicted molar refractivity (Wildman–Crippen MR) is 74.9 cm³/mol. The minimum Gasteiger partial charge on any atom is -0.508 e. The number of hydrogen-bond acceptors (Lipinski definition) is 3. The van der Waals surface area contributed by atoms with Crippen LogP contribution in [0.15, 0.2) is 18.2 Å². The van der Waals surface area contributed by atoms with Gasteiger partial charge in [0.2, 0.25) is 5.91 Å². The number of benzene rings is 1. The van der Waals surface area contributed by atoms with E-state index in [-0.39, 0.29) is 23.5 Å². The van der Waals surface area contributed by atoms with Crippen molar-refractivity contribution in [1.29, 1.82) is 0 Å². The summed E-state index contributed by atoms with van der Waals surface area (Å²) in [7, 11) is 0. The number of carbonyl (C=O) groups excluding carboxylic acids is 1. The lowest BCUT2D eigenvalue weighted by Gasteiger charge is -2.28. The van der Waals surface area contributed by atoms with Gasteiger partial charge in [0.15, 0.2) is 0 Å². The van der Waals surface area contributed by atoms with Gasteiger partial charge in [0.05, 0.1) is 0 Å². The molecule has 0 saturated carbocycles. The van der Waals surface area contributed by atoms with E-state index in [1.807, 2.05) is 11.8 Å². The van der Waals surface area contributed by atoms with E-state index < -0.39 is 0 Å². The molecule has 4 nitrogen and oxygen atoms in total. The van der Waals surface area contributed by atoms with Gasteiger partial charge in [-0.2, -0.15) is 0 Å². The van der Waals surface area contributed by atoms with Crippen LogP contribution in [0.3, 0.4) is 0 Å². The molecule has 1 heterocycles. The van der Waals surface area contributed by atoms with Crippen molar-refractivity contribution in [3.63, 3.8) is 0 Å². The molecule has 1 N–H and O–H groups in total. The van der Waals surface area contributed by atoms with E-state index in [1.54, 1.807) is 6.92 Å². The summed E-state index contributed by atoms with van der Waals surface area (Å²) in [6.45, 7) is 6.54. The van der Waals surface area contributed by atoms with Crippen molar-refractivity contribution in [3.05, 3.63) is 29.6 Å². The van der Waals surface area contributed by atoms with E-state index in [4.69, 9.17) is 0 Å². The number of rotatable bonds is 2. The number of halogens is 1. The number of phenolic OH excluding ortho intramolecular Hbond substituents is 1. The van der Waals surface area contributed by atoms with Crippen LogP contribution in [0, 0.1) is 5.82 Å². The Hall–Kier alpha value is -1.62. The zero-order valence-electron chi connectivity index (χ0n) is 12.0. The van der Waals surface area contributed by atoms with Crippen molar-refractivity contribution in [2.75, 3.05) is 26.2 Å². The van der Waals surface area contributed by atoms with Crippen LogP contribution in [0.2, 0.25) is 0 Å². The number of nitrogens with zero attached hydrogens (tertiary/aromatic N) is 2. The second kappa shape index (κ2) is 6.22. The highest BCUT2D eigenvalue weighted by molar-refractivity contribution is 5.73. The maximum Gasteiger partial charge on any atom is 0.219 e. The molecule has 1 aromatic rings. The Balaban J connectivity index is 2.11. The molecule has 0 aromatic heterocycles. The van der Waals surface area contributed by atoms with Crippen molar-refractivity contribution in [1.82, 2.24) is 9.80 Å². The van der Waals surface area contributed by atoms with Crippen LogP contribution in [-0.2, 0) is 4.79 Å². The van der Waals surface area contributed by atoms with E-state index in [1.165, 1.54) is 18.2 Å². The summed E-state index contributed by atoms with van der Waals surface area (Å²) < 4.78 is 13.3. The van der Waals surface area contributed by atoms with Gasteiger partial charge in [0, 0.05) is 44.7 Å². The average molecular weight is 280 g/mol. The van der Waals surface area contributed by atoms with Gasteiger partial charge in [-0.05, 0) is 31.5 Å². The Bertz CT molecular complexity index is 493. The third-order valence-electron chi connectivity index (χ3n) is 3.96. The van der Waals surface area contributed by atoms with E-state index >= 15 is 0 Å². The summed E-state index contributed by atoms with van der Waals surface area (Å²) >= 11 is 0. The number of hydrogen-bond donors (Lipinski definition) is 1. The Kier molecular flexibility index (Phi) is 4.60. The normalized spacial score (nSPS) is 18.6. The minimum atomic E-state index is -0.343. The van der Waals surface area contributed by atoms with E-state index in [2.05, 4.69) is 4.90 Å². The van der Waals surface area contributed by atoms with Crippen LogP contribution in [0.1, 0.15) is 31.9 Å². The van der Waals surface area contributed by atoms with Gasteiger partial charge >= 0.3 is 0 Å². The van der Waals surface area contributed by atoms with Gasteiger partial charge in [-0.15, -0.1) is 0 Å². The van der Waals surface area contributed by atoms with Gasteiger partial charge in [-0.3, -0.25) is 9.69 Å². The summed E-state index contributed by atoms with van der Waals surface area (Å²) in [4.78, 5) is 15.4. The molecule has 0 radical (unpaired) electrons. The molecule has 0 bridgehead atoms. The Morgan fingerprint density at radius 3 is 2.75 bits per heavy atom. The Labute approximate surface area is 118 Å². The largest absolute Gasteiger partial charge is 0.508 e. The van der Waals surface area contributed by atoms with Crippen molar-refractivity contribution in [2.24, 2.45) is 0 Å². The maximum atomic E-state index is 13.3. The first-order valence-corrected chi connectivity index (χ1v) is 6.97. The zero-order chi connectivity index (χ0) is 14.7. The lowest BCUT2D eigenvalue weighted by Crippen LogP contribution is -2.34. The molecule has 2 rings (SSSR count). The van der Waals surface area contributed by atoms with Gasteiger partial charge in [-0.25, -0.2) is 4.39 Å². The molecule has 1 unspecified atom stereocenters. The fourth-order valence-corrected chi connectivity index (χ4v) is 2.70. The Morgan fingerprint density at radius 1 is 1.30 bits per heavy atom. The molecular weight excluding hydrogens is 259 g/mol. The van der Waals surface area contributed by atoms with Crippen molar-refractivity contribution >= 4 is 5.91 Å². The molecule has 1 amide bonds. The van der Waals surface area contributed by atoms with E-state index in [0.717, 1.165) is 26.1 Å². The van der Waals surface area contributed by atoms with Crippen LogP contribution in [0.25, 0.3) is 0 Å². The quantitative estimate of drug-likeness (QED) is 0.902. The van der Waals surface area contributed by atoms with E-state index in [0.29, 0.717) is 12.1 Å². The first-order valence-electron chi connectivity index (χ1n) is 6.97. The fourth-order valence-electron chi connectivity index (χ4n) is 2.70. The van der Waals surface area contributed by atoms with E-state index in [9.17, 15) is 14.3 Å². The van der Waals surface area contributed by atoms with Crippen molar-refractivity contribution < 1.29 is 14.3 Å². The molecule has 0 aliphatic carbocycles. The van der Waals surface area contributed by atoms with Crippen molar-refractivity contribution in [3.8, 4) is 5.75 Å². The molecule has 5 heteroatoms. The monoisotopic (exact) mass is 280 g/mol. The van der Waals surface area contributed by atoms with Gasteiger partial charge in [-0.1, -0.05) is 0 Å². The van der Waals surface area contributed by atoms with Gasteiger partial charge in [0.25, 0.3) is 0 Å². The number of carbonyl (C=O) groups is 1. The second-order valence-corrected chi connectivity index (χ2v) is 5.27. The van der Waals surface area contributed by atoms with Gasteiger partial charge < -0.3 is 10.0 Å². The highest BCUT2D eigenvalue weighted by atomic mass is 19.1. The summed E-state index contributed by atoms with van der Waals surface area (Å²) in [5, 5.41) is 9.89. The Morgan fingerprint density at radius 2 is 2.05 bits per heavy atom. The van der Waals surface area contributed by atoms with Crippen LogP contribution in [-0.4, -0.2) is 47.0 Å². The molecule has 1 aliphatic heterocycles.